The van der Waals surface area contributed by atoms with Gasteiger partial charge in [-0.15, -0.1) is 0 Å². The van der Waals surface area contributed by atoms with E-state index in [1.54, 1.807) is 24.3 Å². The monoisotopic (exact) mass is 265 g/mol. The Morgan fingerprint density at radius 3 is 2.72 bits per heavy atom. The second-order valence-corrected chi connectivity index (χ2v) is 3.69. The molecule has 1 amide bonds. The van der Waals surface area contributed by atoms with Gasteiger partial charge in [0.25, 0.3) is 5.91 Å². The summed E-state index contributed by atoms with van der Waals surface area (Å²) in [6.45, 7) is 0. The first-order valence-electron chi connectivity index (χ1n) is 4.84. The first-order valence-corrected chi connectivity index (χ1v) is 5.21. The minimum Gasteiger partial charge on any atom is -0.379 e. The molecule has 8 heteroatoms. The van der Waals surface area contributed by atoms with Crippen LogP contribution < -0.4 is 11.2 Å². The number of carbonyl (C=O) groups is 1. The summed E-state index contributed by atoms with van der Waals surface area (Å²) in [6.07, 6.45) is 1.46. The number of hydrogen-bond acceptors (Lipinski definition) is 6. The molecular weight excluding hydrogens is 258 g/mol. The lowest BCUT2D eigenvalue weighted by atomic mass is 10.2. The molecule has 1 heterocycles. The smallest absolute Gasteiger partial charge is 0.297 e. The van der Waals surface area contributed by atoms with E-state index in [9.17, 15) is 4.79 Å². The van der Waals surface area contributed by atoms with E-state index in [-0.39, 0.29) is 11.5 Å². The van der Waals surface area contributed by atoms with Gasteiger partial charge in [0, 0.05) is 5.02 Å². The summed E-state index contributed by atoms with van der Waals surface area (Å²) in [6, 6.07) is 6.93. The first kappa shape index (κ1) is 12.1. The van der Waals surface area contributed by atoms with Crippen molar-refractivity contribution in [3.8, 4) is 0 Å². The number of nitrogen functional groups attached to an aromatic ring is 1. The molecule has 7 nitrogen and oxygen atoms in total. The van der Waals surface area contributed by atoms with E-state index in [2.05, 4.69) is 25.5 Å². The molecule has 0 unspecified atom stereocenters. The Morgan fingerprint density at radius 1 is 1.39 bits per heavy atom. The number of aromatic nitrogens is 2. The van der Waals surface area contributed by atoms with Crippen LogP contribution in [0.1, 0.15) is 16.1 Å². The lowest BCUT2D eigenvalue weighted by Crippen LogP contribution is -2.19. The Hall–Kier alpha value is -2.41. The highest BCUT2D eigenvalue weighted by atomic mass is 35.5. The quantitative estimate of drug-likeness (QED) is 0.638. The van der Waals surface area contributed by atoms with Gasteiger partial charge >= 0.3 is 0 Å². The van der Waals surface area contributed by atoms with Crippen LogP contribution in [0.4, 0.5) is 5.82 Å². The number of nitrogens with two attached hydrogens (primary N) is 1. The van der Waals surface area contributed by atoms with E-state index >= 15 is 0 Å². The van der Waals surface area contributed by atoms with Crippen molar-refractivity contribution in [1.29, 1.82) is 0 Å². The van der Waals surface area contributed by atoms with Crippen molar-refractivity contribution in [3.63, 3.8) is 0 Å². The maximum atomic E-state index is 11.5. The summed E-state index contributed by atoms with van der Waals surface area (Å²) in [5.41, 5.74) is 8.27. The van der Waals surface area contributed by atoms with Crippen LogP contribution in [-0.4, -0.2) is 22.4 Å². The molecular formula is C10H8ClN5O2. The minimum absolute atomic E-state index is 0.0887. The summed E-state index contributed by atoms with van der Waals surface area (Å²) in [5.74, 6) is -0.687. The number of rotatable bonds is 3. The molecule has 0 bridgehead atoms. The number of amides is 1. The predicted molar refractivity (Wildman–Crippen MR) is 65.2 cm³/mol. The fraction of sp³-hybridized carbons (Fsp3) is 0. The molecule has 18 heavy (non-hydrogen) atoms. The number of carbonyl (C=O) groups excluding carboxylic acids is 1. The summed E-state index contributed by atoms with van der Waals surface area (Å²) in [4.78, 5) is 11.5. The molecule has 1 aromatic heterocycles. The molecule has 1 aromatic carbocycles. The molecule has 0 aliphatic heterocycles. The van der Waals surface area contributed by atoms with Gasteiger partial charge in [-0.25, -0.2) is 10.1 Å². The van der Waals surface area contributed by atoms with Crippen molar-refractivity contribution in [2.24, 2.45) is 5.10 Å². The Kier molecular flexibility index (Phi) is 3.54. The molecule has 3 N–H and O–H groups in total. The van der Waals surface area contributed by atoms with Crippen LogP contribution in [0.5, 0.6) is 0 Å². The minimum atomic E-state index is -0.598. The lowest BCUT2D eigenvalue weighted by Gasteiger charge is -1.95. The second-order valence-electron chi connectivity index (χ2n) is 3.25. The fourth-order valence-electron chi connectivity index (χ4n) is 1.12. The number of hydrogen-bond donors (Lipinski definition) is 2. The third-order valence-corrected chi connectivity index (χ3v) is 2.23. The molecule has 2 rings (SSSR count). The van der Waals surface area contributed by atoms with E-state index in [1.165, 1.54) is 6.21 Å². The summed E-state index contributed by atoms with van der Waals surface area (Å²) in [5, 5.41) is 11.0. The van der Waals surface area contributed by atoms with Crippen LogP contribution in [0, 0.1) is 0 Å². The third kappa shape index (κ3) is 2.83. The van der Waals surface area contributed by atoms with E-state index < -0.39 is 5.91 Å². The van der Waals surface area contributed by atoms with Crippen molar-refractivity contribution in [3.05, 3.63) is 40.5 Å². The Balaban J connectivity index is 1.98. The van der Waals surface area contributed by atoms with Gasteiger partial charge in [0.1, 0.15) is 0 Å². The predicted octanol–water partition coefficient (Wildman–Crippen LogP) is 1.07. The Bertz CT molecular complexity index is 578. The first-order chi connectivity index (χ1) is 8.66. The van der Waals surface area contributed by atoms with Crippen molar-refractivity contribution < 1.29 is 9.42 Å². The number of nitrogens with one attached hydrogen (secondary N) is 1. The SMILES string of the molecule is Nc1nonc1C(=O)NN=Cc1ccc(Cl)cc1. The highest BCUT2D eigenvalue weighted by Crippen LogP contribution is 2.07. The molecule has 2 aromatic rings. The normalized spacial score (nSPS) is 10.7. The van der Waals surface area contributed by atoms with Crippen LogP contribution in [-0.2, 0) is 0 Å². The zero-order valence-corrected chi connectivity index (χ0v) is 9.76. The van der Waals surface area contributed by atoms with E-state index in [4.69, 9.17) is 17.3 Å². The summed E-state index contributed by atoms with van der Waals surface area (Å²) < 4.78 is 4.29. The van der Waals surface area contributed by atoms with Gasteiger partial charge in [-0.05, 0) is 28.0 Å². The van der Waals surface area contributed by atoms with Crippen LogP contribution in [0.2, 0.25) is 5.02 Å². The molecule has 92 valence electrons. The highest BCUT2D eigenvalue weighted by Gasteiger charge is 2.14. The van der Waals surface area contributed by atoms with Crippen molar-refractivity contribution in [1.82, 2.24) is 15.7 Å². The van der Waals surface area contributed by atoms with Crippen LogP contribution >= 0.6 is 11.6 Å². The molecule has 0 saturated carbocycles. The van der Waals surface area contributed by atoms with E-state index in [0.717, 1.165) is 5.56 Å². The lowest BCUT2D eigenvalue weighted by molar-refractivity contribution is 0.0946. The average molecular weight is 266 g/mol. The van der Waals surface area contributed by atoms with Gasteiger partial charge in [0.05, 0.1) is 6.21 Å². The molecule has 0 spiro atoms. The molecule has 0 fully saturated rings. The Labute approximate surface area is 107 Å². The molecule has 0 radical (unpaired) electrons. The summed E-state index contributed by atoms with van der Waals surface area (Å²) in [7, 11) is 0. The van der Waals surface area contributed by atoms with Crippen molar-refractivity contribution in [2.45, 2.75) is 0 Å². The molecule has 0 atom stereocenters. The number of nitrogens with zero attached hydrogens (tertiary/aromatic N) is 3. The fourth-order valence-corrected chi connectivity index (χ4v) is 1.25. The van der Waals surface area contributed by atoms with E-state index in [1.807, 2.05) is 0 Å². The van der Waals surface area contributed by atoms with Gasteiger partial charge < -0.3 is 5.73 Å². The summed E-state index contributed by atoms with van der Waals surface area (Å²) >= 11 is 5.73. The number of anilines is 1. The Morgan fingerprint density at radius 2 is 2.11 bits per heavy atom. The second kappa shape index (κ2) is 5.28. The topological polar surface area (TPSA) is 106 Å². The van der Waals surface area contributed by atoms with Gasteiger partial charge in [-0.3, -0.25) is 4.79 Å². The van der Waals surface area contributed by atoms with Crippen LogP contribution in [0.15, 0.2) is 34.0 Å². The number of hydrazone groups is 1. The van der Waals surface area contributed by atoms with Gasteiger partial charge in [-0.2, -0.15) is 5.10 Å². The standard InChI is InChI=1S/C10H8ClN5O2/c11-7-3-1-6(2-4-7)5-13-14-10(17)8-9(12)16-18-15-8/h1-5H,(H2,12,16)(H,14,17). The van der Waals surface area contributed by atoms with Gasteiger partial charge in [-0.1, -0.05) is 23.7 Å². The maximum Gasteiger partial charge on any atom is 0.297 e. The zero-order chi connectivity index (χ0) is 13.0. The van der Waals surface area contributed by atoms with Crippen molar-refractivity contribution in [2.75, 3.05) is 5.73 Å². The highest BCUT2D eigenvalue weighted by molar-refractivity contribution is 6.30. The third-order valence-electron chi connectivity index (χ3n) is 1.98. The molecule has 0 saturated heterocycles. The maximum absolute atomic E-state index is 11.5. The average Bonchev–Trinajstić information content (AvgIpc) is 2.78. The molecule has 0 aliphatic rings. The van der Waals surface area contributed by atoms with Crippen molar-refractivity contribution >= 4 is 29.5 Å². The zero-order valence-electron chi connectivity index (χ0n) is 9.00. The number of benzene rings is 1. The largest absolute Gasteiger partial charge is 0.379 e. The number of halogens is 1. The molecule has 0 aliphatic carbocycles. The van der Waals surface area contributed by atoms with Crippen LogP contribution in [0.25, 0.3) is 0 Å². The van der Waals surface area contributed by atoms with E-state index in [0.29, 0.717) is 5.02 Å². The van der Waals surface area contributed by atoms with Gasteiger partial charge in [0.2, 0.25) is 11.5 Å². The van der Waals surface area contributed by atoms with Gasteiger partial charge in [0.15, 0.2) is 0 Å². The van der Waals surface area contributed by atoms with Crippen LogP contribution in [0.3, 0.4) is 0 Å².